The van der Waals surface area contributed by atoms with Gasteiger partial charge in [-0.15, -0.1) is 0 Å². The molecule has 0 aromatic heterocycles. The summed E-state index contributed by atoms with van der Waals surface area (Å²) in [4.78, 5) is 35.8. The van der Waals surface area contributed by atoms with Crippen molar-refractivity contribution in [3.05, 3.63) is 29.3 Å². The molecule has 35 heavy (non-hydrogen) atoms. The molecule has 1 aliphatic rings. The van der Waals surface area contributed by atoms with Crippen molar-refractivity contribution in [2.75, 3.05) is 20.1 Å². The van der Waals surface area contributed by atoms with Crippen LogP contribution in [0, 0.1) is 0 Å². The van der Waals surface area contributed by atoms with Gasteiger partial charge in [0, 0.05) is 13.0 Å². The highest BCUT2D eigenvalue weighted by Gasteiger charge is 2.48. The minimum absolute atomic E-state index is 0.0357. The second kappa shape index (κ2) is 14.0. The summed E-state index contributed by atoms with van der Waals surface area (Å²) in [5, 5.41) is 45.2. The smallest absolute Gasteiger partial charge is 0.335 e. The molecule has 1 fully saturated rings. The van der Waals surface area contributed by atoms with Crippen LogP contribution in [0.1, 0.15) is 48.5 Å². The average Bonchev–Trinajstić information content (AvgIpc) is 2.84. The van der Waals surface area contributed by atoms with E-state index in [1.54, 1.807) is 6.92 Å². The fourth-order valence-electron chi connectivity index (χ4n) is 3.39. The number of esters is 1. The number of ether oxygens (including phenoxy) is 3. The summed E-state index contributed by atoms with van der Waals surface area (Å²) in [5.74, 6) is -2.52. The molecule has 1 aromatic carbocycles. The first kappa shape index (κ1) is 28.5. The Labute approximate surface area is 203 Å². The molecular formula is C23H34N2O10. The van der Waals surface area contributed by atoms with Crippen molar-refractivity contribution in [2.24, 2.45) is 0 Å². The number of carbonyl (C=O) groups excluding carboxylic acids is 2. The zero-order chi connectivity index (χ0) is 26.0. The van der Waals surface area contributed by atoms with Crippen molar-refractivity contribution in [1.82, 2.24) is 10.6 Å². The lowest BCUT2D eigenvalue weighted by Gasteiger charge is -2.38. The molecule has 12 nitrogen and oxygen atoms in total. The van der Waals surface area contributed by atoms with Gasteiger partial charge in [-0.3, -0.25) is 9.59 Å². The van der Waals surface area contributed by atoms with E-state index in [0.29, 0.717) is 12.1 Å². The van der Waals surface area contributed by atoms with Crippen LogP contribution in [0.4, 0.5) is 0 Å². The number of aliphatic hydroxyl groups is 3. The van der Waals surface area contributed by atoms with Crippen LogP contribution >= 0.6 is 0 Å². The lowest BCUT2D eigenvalue weighted by Crippen LogP contribution is -2.61. The van der Waals surface area contributed by atoms with E-state index in [9.17, 15) is 34.8 Å². The van der Waals surface area contributed by atoms with E-state index >= 15 is 0 Å². The van der Waals surface area contributed by atoms with Gasteiger partial charge >= 0.3 is 11.9 Å². The van der Waals surface area contributed by atoms with Crippen LogP contribution in [0.3, 0.4) is 0 Å². The summed E-state index contributed by atoms with van der Waals surface area (Å²) in [5.41, 5.74) is 0.538. The Balaban J connectivity index is 2.20. The third kappa shape index (κ3) is 8.15. The topological polar surface area (TPSA) is 184 Å². The molecular weight excluding hydrogens is 464 g/mol. The van der Waals surface area contributed by atoms with Crippen molar-refractivity contribution in [2.45, 2.75) is 69.9 Å². The highest BCUT2D eigenvalue weighted by molar-refractivity contribution is 5.97. The van der Waals surface area contributed by atoms with Crippen LogP contribution in [0.5, 0.6) is 5.75 Å². The number of hydrogen-bond donors (Lipinski definition) is 6. The van der Waals surface area contributed by atoms with Gasteiger partial charge in [-0.2, -0.15) is 0 Å². The number of unbranched alkanes of at least 4 members (excludes halogenated alkanes) is 2. The number of aliphatic hydroxyl groups excluding tert-OH is 3. The van der Waals surface area contributed by atoms with Crippen LogP contribution in [-0.2, 0) is 25.7 Å². The van der Waals surface area contributed by atoms with Crippen molar-refractivity contribution in [3.8, 4) is 5.75 Å². The van der Waals surface area contributed by atoms with Gasteiger partial charge in [-0.1, -0.05) is 19.4 Å². The van der Waals surface area contributed by atoms with Crippen molar-refractivity contribution >= 4 is 17.8 Å². The molecule has 196 valence electrons. The van der Waals surface area contributed by atoms with Gasteiger partial charge in [0.15, 0.2) is 6.10 Å². The minimum Gasteiger partial charge on any atom is -0.479 e. The largest absolute Gasteiger partial charge is 0.479 e. The number of carboxylic acids is 1. The maximum Gasteiger partial charge on any atom is 0.335 e. The maximum atomic E-state index is 12.9. The lowest BCUT2D eigenvalue weighted by molar-refractivity contribution is -0.271. The highest BCUT2D eigenvalue weighted by Crippen LogP contribution is 2.28. The van der Waals surface area contributed by atoms with Gasteiger partial charge in [0.2, 0.25) is 6.29 Å². The number of amides is 1. The Morgan fingerprint density at radius 3 is 2.40 bits per heavy atom. The summed E-state index contributed by atoms with van der Waals surface area (Å²) in [7, 11) is 1.86. The van der Waals surface area contributed by atoms with Gasteiger partial charge < -0.3 is 45.3 Å². The van der Waals surface area contributed by atoms with Gasteiger partial charge in [0.05, 0.1) is 5.56 Å². The SMILES string of the molecule is CCC(=O)OCc1ccc(O[C@H]2O[C@H](C(=O)O)[C@@H](O)[C@H](O)[C@H]2O)c(C(=O)NCCCCCNC)c1. The number of rotatable bonds is 13. The number of carboxylic acid groups (broad SMARTS) is 1. The minimum atomic E-state index is -1.87. The molecule has 0 aliphatic carbocycles. The van der Waals surface area contributed by atoms with Gasteiger partial charge in [-0.05, 0) is 44.1 Å². The highest BCUT2D eigenvalue weighted by atomic mass is 16.7. The molecule has 2 rings (SSSR count). The predicted octanol–water partition coefficient (Wildman–Crippen LogP) is -0.470. The second-order valence-electron chi connectivity index (χ2n) is 8.12. The summed E-state index contributed by atoms with van der Waals surface area (Å²) in [6.45, 7) is 2.84. The van der Waals surface area contributed by atoms with Crippen LogP contribution < -0.4 is 15.4 Å². The first-order chi connectivity index (χ1) is 16.7. The molecule has 0 unspecified atom stereocenters. The van der Waals surface area contributed by atoms with Crippen molar-refractivity contribution < 1.29 is 49.0 Å². The standard InChI is InChI=1S/C23H34N2O10/c1-3-16(26)33-12-13-7-8-15(14(11-13)21(30)25-10-6-4-5-9-24-2)34-23-19(29)17(27)18(28)20(35-23)22(31)32/h7-8,11,17-20,23-24,27-29H,3-6,9-10,12H2,1-2H3,(H,25,30)(H,31,32)/t17-,18-,19+,20-,23-/m0/s1. The van der Waals surface area contributed by atoms with Gasteiger partial charge in [0.1, 0.15) is 30.7 Å². The number of aliphatic carboxylic acids is 1. The molecule has 1 heterocycles. The van der Waals surface area contributed by atoms with Crippen LogP contribution in [0.25, 0.3) is 0 Å². The zero-order valence-electron chi connectivity index (χ0n) is 19.8. The van der Waals surface area contributed by atoms with E-state index < -0.39 is 48.6 Å². The number of nitrogens with one attached hydrogen (secondary N) is 2. The molecule has 1 saturated heterocycles. The Kier molecular flexibility index (Phi) is 11.3. The molecule has 0 spiro atoms. The lowest BCUT2D eigenvalue weighted by atomic mass is 9.99. The molecule has 0 bridgehead atoms. The molecule has 1 aromatic rings. The zero-order valence-corrected chi connectivity index (χ0v) is 19.8. The third-order valence-electron chi connectivity index (χ3n) is 5.42. The molecule has 0 radical (unpaired) electrons. The van der Waals surface area contributed by atoms with Crippen molar-refractivity contribution in [3.63, 3.8) is 0 Å². The van der Waals surface area contributed by atoms with Gasteiger partial charge in [-0.25, -0.2) is 4.79 Å². The summed E-state index contributed by atoms with van der Waals surface area (Å²) < 4.78 is 15.9. The summed E-state index contributed by atoms with van der Waals surface area (Å²) in [6.07, 6.45) is -6.24. The Morgan fingerprint density at radius 1 is 1.03 bits per heavy atom. The number of carbonyl (C=O) groups is 3. The van der Waals surface area contributed by atoms with Gasteiger partial charge in [0.25, 0.3) is 5.91 Å². The first-order valence-corrected chi connectivity index (χ1v) is 11.5. The molecule has 6 N–H and O–H groups in total. The molecule has 0 saturated carbocycles. The van der Waals surface area contributed by atoms with Crippen LogP contribution in [0.2, 0.25) is 0 Å². The van der Waals surface area contributed by atoms with E-state index in [-0.39, 0.29) is 24.3 Å². The third-order valence-corrected chi connectivity index (χ3v) is 5.42. The second-order valence-corrected chi connectivity index (χ2v) is 8.12. The Bertz CT molecular complexity index is 865. The van der Waals surface area contributed by atoms with E-state index in [1.165, 1.54) is 18.2 Å². The van der Waals surface area contributed by atoms with Crippen molar-refractivity contribution in [1.29, 1.82) is 0 Å². The number of hydrogen-bond acceptors (Lipinski definition) is 10. The normalized spacial score (nSPS) is 24.0. The van der Waals surface area contributed by atoms with E-state index in [1.807, 2.05) is 7.05 Å². The monoisotopic (exact) mass is 498 g/mol. The predicted molar refractivity (Wildman–Crippen MR) is 122 cm³/mol. The maximum absolute atomic E-state index is 12.9. The van der Waals surface area contributed by atoms with E-state index in [0.717, 1.165) is 25.8 Å². The van der Waals surface area contributed by atoms with Crippen LogP contribution in [-0.4, -0.2) is 89.1 Å². The molecule has 12 heteroatoms. The van der Waals surface area contributed by atoms with E-state index in [4.69, 9.17) is 14.2 Å². The summed E-state index contributed by atoms with van der Waals surface area (Å²) >= 11 is 0. The Morgan fingerprint density at radius 2 is 1.74 bits per heavy atom. The molecule has 5 atom stereocenters. The quantitative estimate of drug-likeness (QED) is 0.153. The van der Waals surface area contributed by atoms with Crippen LogP contribution in [0.15, 0.2) is 18.2 Å². The summed E-state index contributed by atoms with van der Waals surface area (Å²) in [6, 6.07) is 4.37. The fraction of sp³-hybridized carbons (Fsp3) is 0.609. The molecule has 1 aliphatic heterocycles. The Hall–Kier alpha value is -2.77. The fourth-order valence-corrected chi connectivity index (χ4v) is 3.39. The first-order valence-electron chi connectivity index (χ1n) is 11.5. The van der Waals surface area contributed by atoms with E-state index in [2.05, 4.69) is 10.6 Å². The average molecular weight is 499 g/mol. The number of benzene rings is 1. The molecule has 1 amide bonds.